The summed E-state index contributed by atoms with van der Waals surface area (Å²) in [5.74, 6) is 0.193. The molecule has 4 nitrogen and oxygen atoms in total. The quantitative estimate of drug-likeness (QED) is 0.712. The number of hydrogen-bond acceptors (Lipinski definition) is 3. The molecule has 0 N–H and O–H groups in total. The van der Waals surface area contributed by atoms with Crippen molar-refractivity contribution in [3.05, 3.63) is 72.8 Å². The van der Waals surface area contributed by atoms with Crippen LogP contribution in [0.5, 0.6) is 0 Å². The molecule has 0 aromatic heterocycles. The standard InChI is InChI=1S/C23H25N3O/c1-24(22-12-11-19-7-5-6-8-20(19)17-22)18-23(27)26-15-13-25(14-16-26)21-9-3-2-4-10-21/h2-12,17H,13-16,18H2,1H3. The Balaban J connectivity index is 1.36. The van der Waals surface area contributed by atoms with Gasteiger partial charge in [-0.05, 0) is 35.0 Å². The number of likely N-dealkylation sites (N-methyl/N-ethyl adjacent to an activating group) is 1. The third kappa shape index (κ3) is 3.90. The highest BCUT2D eigenvalue weighted by atomic mass is 16.2. The van der Waals surface area contributed by atoms with Gasteiger partial charge in [-0.15, -0.1) is 0 Å². The fourth-order valence-electron chi connectivity index (χ4n) is 3.66. The maximum atomic E-state index is 12.8. The van der Waals surface area contributed by atoms with Gasteiger partial charge in [0.25, 0.3) is 0 Å². The van der Waals surface area contributed by atoms with Crippen LogP contribution in [0.1, 0.15) is 0 Å². The van der Waals surface area contributed by atoms with Crippen molar-refractivity contribution in [1.82, 2.24) is 4.90 Å². The van der Waals surface area contributed by atoms with Gasteiger partial charge in [-0.3, -0.25) is 4.79 Å². The number of nitrogens with zero attached hydrogens (tertiary/aromatic N) is 3. The lowest BCUT2D eigenvalue weighted by atomic mass is 10.1. The highest BCUT2D eigenvalue weighted by Crippen LogP contribution is 2.21. The van der Waals surface area contributed by atoms with Gasteiger partial charge in [-0.1, -0.05) is 48.5 Å². The van der Waals surface area contributed by atoms with Crippen LogP contribution in [0, 0.1) is 0 Å². The van der Waals surface area contributed by atoms with Crippen molar-refractivity contribution in [2.75, 3.05) is 49.6 Å². The second kappa shape index (κ2) is 7.70. The molecule has 1 aliphatic rings. The lowest BCUT2D eigenvalue weighted by Crippen LogP contribution is -2.51. The summed E-state index contributed by atoms with van der Waals surface area (Å²) in [4.78, 5) is 19.1. The number of fused-ring (bicyclic) bond motifs is 1. The fraction of sp³-hybridized carbons (Fsp3) is 0.261. The van der Waals surface area contributed by atoms with E-state index in [0.717, 1.165) is 31.9 Å². The van der Waals surface area contributed by atoms with Crippen LogP contribution in [0.4, 0.5) is 11.4 Å². The molecule has 1 aliphatic heterocycles. The molecule has 3 aromatic rings. The van der Waals surface area contributed by atoms with Crippen LogP contribution in [0.2, 0.25) is 0 Å². The largest absolute Gasteiger partial charge is 0.368 e. The molecule has 0 bridgehead atoms. The van der Waals surface area contributed by atoms with Crippen LogP contribution in [0.25, 0.3) is 10.8 Å². The second-order valence-corrected chi connectivity index (χ2v) is 7.09. The molecule has 1 heterocycles. The molecule has 1 saturated heterocycles. The summed E-state index contributed by atoms with van der Waals surface area (Å²) in [5, 5.41) is 2.42. The summed E-state index contributed by atoms with van der Waals surface area (Å²) in [7, 11) is 1.99. The molecule has 4 rings (SSSR count). The average Bonchev–Trinajstić information content (AvgIpc) is 2.74. The van der Waals surface area contributed by atoms with Gasteiger partial charge in [0.05, 0.1) is 6.54 Å². The van der Waals surface area contributed by atoms with Crippen LogP contribution in [0.3, 0.4) is 0 Å². The van der Waals surface area contributed by atoms with E-state index in [1.165, 1.54) is 16.5 Å². The maximum absolute atomic E-state index is 12.8. The summed E-state index contributed by atoms with van der Waals surface area (Å²) < 4.78 is 0. The van der Waals surface area contributed by atoms with Crippen molar-refractivity contribution < 1.29 is 4.79 Å². The zero-order chi connectivity index (χ0) is 18.6. The van der Waals surface area contributed by atoms with Gasteiger partial charge in [0, 0.05) is 44.6 Å². The Morgan fingerprint density at radius 2 is 1.52 bits per heavy atom. The first-order valence-corrected chi connectivity index (χ1v) is 9.48. The van der Waals surface area contributed by atoms with Gasteiger partial charge in [0.1, 0.15) is 0 Å². The molecule has 0 aliphatic carbocycles. The van der Waals surface area contributed by atoms with E-state index in [1.54, 1.807) is 0 Å². The zero-order valence-electron chi connectivity index (χ0n) is 15.7. The molecule has 3 aromatic carbocycles. The number of anilines is 2. The lowest BCUT2D eigenvalue weighted by molar-refractivity contribution is -0.129. The van der Waals surface area contributed by atoms with Crippen LogP contribution in [-0.4, -0.2) is 50.6 Å². The topological polar surface area (TPSA) is 26.8 Å². The van der Waals surface area contributed by atoms with E-state index in [4.69, 9.17) is 0 Å². The van der Waals surface area contributed by atoms with Gasteiger partial charge < -0.3 is 14.7 Å². The minimum absolute atomic E-state index is 0.193. The van der Waals surface area contributed by atoms with Crippen LogP contribution in [-0.2, 0) is 4.79 Å². The Hall–Kier alpha value is -3.01. The highest BCUT2D eigenvalue weighted by Gasteiger charge is 2.22. The molecule has 27 heavy (non-hydrogen) atoms. The molecular weight excluding hydrogens is 334 g/mol. The summed E-state index contributed by atoms with van der Waals surface area (Å²) in [6.45, 7) is 3.73. The number of rotatable bonds is 4. The van der Waals surface area contributed by atoms with E-state index < -0.39 is 0 Å². The SMILES string of the molecule is CN(CC(=O)N1CCN(c2ccccc2)CC1)c1ccc2ccccc2c1. The fourth-order valence-corrected chi connectivity index (χ4v) is 3.66. The van der Waals surface area contributed by atoms with Gasteiger partial charge in [0.2, 0.25) is 5.91 Å². The van der Waals surface area contributed by atoms with Crippen LogP contribution < -0.4 is 9.80 Å². The van der Waals surface area contributed by atoms with Crippen molar-refractivity contribution in [2.45, 2.75) is 0 Å². The van der Waals surface area contributed by atoms with Crippen LogP contribution >= 0.6 is 0 Å². The summed E-state index contributed by atoms with van der Waals surface area (Å²) in [6, 6.07) is 25.1. The number of amides is 1. The second-order valence-electron chi connectivity index (χ2n) is 7.09. The molecule has 0 saturated carbocycles. The minimum Gasteiger partial charge on any atom is -0.368 e. The van der Waals surface area contributed by atoms with Crippen LogP contribution in [0.15, 0.2) is 72.8 Å². The molecule has 0 atom stereocenters. The van der Waals surface area contributed by atoms with Crippen molar-refractivity contribution in [1.29, 1.82) is 0 Å². The molecule has 0 spiro atoms. The smallest absolute Gasteiger partial charge is 0.242 e. The van der Waals surface area contributed by atoms with Gasteiger partial charge in [-0.2, -0.15) is 0 Å². The molecular formula is C23H25N3O. The van der Waals surface area contributed by atoms with E-state index in [2.05, 4.69) is 59.5 Å². The van der Waals surface area contributed by atoms with E-state index >= 15 is 0 Å². The lowest BCUT2D eigenvalue weighted by Gasteiger charge is -2.37. The van der Waals surface area contributed by atoms with E-state index in [-0.39, 0.29) is 5.91 Å². The molecule has 0 unspecified atom stereocenters. The molecule has 1 fully saturated rings. The Morgan fingerprint density at radius 3 is 2.26 bits per heavy atom. The Labute approximate surface area is 160 Å². The van der Waals surface area contributed by atoms with Gasteiger partial charge >= 0.3 is 0 Å². The average molecular weight is 359 g/mol. The summed E-state index contributed by atoms with van der Waals surface area (Å²) in [5.41, 5.74) is 2.31. The highest BCUT2D eigenvalue weighted by molar-refractivity contribution is 5.87. The monoisotopic (exact) mass is 359 g/mol. The van der Waals surface area contributed by atoms with E-state index in [9.17, 15) is 4.79 Å². The molecule has 1 amide bonds. The number of carbonyl (C=O) groups excluding carboxylic acids is 1. The van der Waals surface area contributed by atoms with Crippen molar-refractivity contribution in [3.63, 3.8) is 0 Å². The predicted molar refractivity (Wildman–Crippen MR) is 112 cm³/mol. The summed E-state index contributed by atoms with van der Waals surface area (Å²) >= 11 is 0. The van der Waals surface area contributed by atoms with Gasteiger partial charge in [0.15, 0.2) is 0 Å². The first-order valence-electron chi connectivity index (χ1n) is 9.48. The Bertz CT molecular complexity index is 917. The Kier molecular flexibility index (Phi) is 4.97. The number of carbonyl (C=O) groups is 1. The minimum atomic E-state index is 0.193. The number of benzene rings is 3. The van der Waals surface area contributed by atoms with Crippen molar-refractivity contribution >= 4 is 28.1 Å². The number of piperazine rings is 1. The van der Waals surface area contributed by atoms with E-state index in [0.29, 0.717) is 6.54 Å². The summed E-state index contributed by atoms with van der Waals surface area (Å²) in [6.07, 6.45) is 0. The van der Waals surface area contributed by atoms with E-state index in [1.807, 2.05) is 35.0 Å². The Morgan fingerprint density at radius 1 is 0.852 bits per heavy atom. The molecule has 138 valence electrons. The van der Waals surface area contributed by atoms with Crippen molar-refractivity contribution in [2.24, 2.45) is 0 Å². The third-order valence-corrected chi connectivity index (χ3v) is 5.30. The molecule has 4 heteroatoms. The normalized spacial score (nSPS) is 14.4. The number of hydrogen-bond donors (Lipinski definition) is 0. The van der Waals surface area contributed by atoms with Crippen molar-refractivity contribution in [3.8, 4) is 0 Å². The predicted octanol–water partition coefficient (Wildman–Crippen LogP) is 3.62. The first kappa shape index (κ1) is 17.4. The molecule has 0 radical (unpaired) electrons. The maximum Gasteiger partial charge on any atom is 0.242 e. The first-order chi connectivity index (χ1) is 13.2. The zero-order valence-corrected chi connectivity index (χ0v) is 15.7. The number of para-hydroxylation sites is 1. The third-order valence-electron chi connectivity index (χ3n) is 5.30. The van der Waals surface area contributed by atoms with Gasteiger partial charge in [-0.25, -0.2) is 0 Å².